The van der Waals surface area contributed by atoms with Gasteiger partial charge in [0.1, 0.15) is 5.60 Å². The summed E-state index contributed by atoms with van der Waals surface area (Å²) in [6.45, 7) is 6.62. The van der Waals surface area contributed by atoms with Gasteiger partial charge in [0, 0.05) is 13.2 Å². The average molecular weight is 307 g/mol. The van der Waals surface area contributed by atoms with E-state index in [1.807, 2.05) is 51.1 Å². The largest absolute Gasteiger partial charge is 0.444 e. The molecule has 1 aliphatic heterocycles. The molecule has 122 valence electrons. The third-order valence-electron chi connectivity index (χ3n) is 3.75. The molecule has 5 heteroatoms. The normalized spacial score (nSPS) is 21.6. The summed E-state index contributed by atoms with van der Waals surface area (Å²) < 4.78 is 11.0. The molecule has 1 atom stereocenters. The molecule has 0 aliphatic carbocycles. The molecule has 1 saturated heterocycles. The fraction of sp³-hybridized carbons (Fsp3) is 0.588. The highest BCUT2D eigenvalue weighted by Crippen LogP contribution is 2.29. The molecule has 0 bridgehead atoms. The van der Waals surface area contributed by atoms with Gasteiger partial charge in [0.15, 0.2) is 0 Å². The van der Waals surface area contributed by atoms with Gasteiger partial charge in [-0.1, -0.05) is 30.3 Å². The predicted octanol–water partition coefficient (Wildman–Crippen LogP) is 2.58. The number of nitrogens with zero attached hydrogens (tertiary/aromatic N) is 1. The van der Waals surface area contributed by atoms with Crippen LogP contribution in [0.2, 0.25) is 0 Å². The van der Waals surface area contributed by atoms with Crippen LogP contribution in [0.4, 0.5) is 4.79 Å². The number of aliphatic hydroxyl groups is 1. The van der Waals surface area contributed by atoms with Crippen molar-refractivity contribution in [3.63, 3.8) is 0 Å². The molecule has 0 aromatic heterocycles. The lowest BCUT2D eigenvalue weighted by atomic mass is 9.97. The molecule has 0 saturated carbocycles. The van der Waals surface area contributed by atoms with E-state index in [0.29, 0.717) is 26.2 Å². The number of benzene rings is 1. The molecule has 22 heavy (non-hydrogen) atoms. The zero-order valence-corrected chi connectivity index (χ0v) is 13.5. The summed E-state index contributed by atoms with van der Waals surface area (Å²) in [4.78, 5) is 14.3. The maximum Gasteiger partial charge on any atom is 0.411 e. The third kappa shape index (κ3) is 3.99. The van der Waals surface area contributed by atoms with Gasteiger partial charge >= 0.3 is 6.09 Å². The first kappa shape index (κ1) is 16.8. The average Bonchev–Trinajstić information content (AvgIpc) is 2.94. The monoisotopic (exact) mass is 307 g/mol. The summed E-state index contributed by atoms with van der Waals surface area (Å²) in [6.07, 6.45) is 0.186. The Morgan fingerprint density at radius 3 is 2.55 bits per heavy atom. The summed E-state index contributed by atoms with van der Waals surface area (Å²) in [5.74, 6) is 0. The second kappa shape index (κ2) is 6.67. The van der Waals surface area contributed by atoms with E-state index in [1.165, 1.54) is 0 Å². The van der Waals surface area contributed by atoms with Crippen LogP contribution in [0.25, 0.3) is 0 Å². The van der Waals surface area contributed by atoms with E-state index in [0.717, 1.165) is 5.56 Å². The van der Waals surface area contributed by atoms with Crippen LogP contribution in [-0.2, 0) is 16.0 Å². The van der Waals surface area contributed by atoms with E-state index in [-0.39, 0.29) is 6.61 Å². The predicted molar refractivity (Wildman–Crippen MR) is 83.5 cm³/mol. The Morgan fingerprint density at radius 1 is 1.36 bits per heavy atom. The van der Waals surface area contributed by atoms with Crippen molar-refractivity contribution in [3.8, 4) is 0 Å². The quantitative estimate of drug-likeness (QED) is 0.929. The number of amides is 1. The Kier molecular flexibility index (Phi) is 5.08. The van der Waals surface area contributed by atoms with Crippen molar-refractivity contribution in [2.75, 3.05) is 19.8 Å². The van der Waals surface area contributed by atoms with Gasteiger partial charge in [0.05, 0.1) is 18.8 Å². The van der Waals surface area contributed by atoms with Crippen LogP contribution in [0.15, 0.2) is 30.3 Å². The molecule has 0 spiro atoms. The summed E-state index contributed by atoms with van der Waals surface area (Å²) in [6, 6.07) is 9.71. The summed E-state index contributed by atoms with van der Waals surface area (Å²) in [5.41, 5.74) is -0.298. The minimum absolute atomic E-state index is 0.140. The second-order valence-corrected chi connectivity index (χ2v) is 6.74. The van der Waals surface area contributed by atoms with E-state index < -0.39 is 17.2 Å². The number of carbonyl (C=O) groups excluding carboxylic acids is 1. The van der Waals surface area contributed by atoms with E-state index in [2.05, 4.69) is 0 Å². The molecule has 1 fully saturated rings. The van der Waals surface area contributed by atoms with Gasteiger partial charge in [-0.05, 0) is 32.8 Å². The SMILES string of the molecule is CC(C)(C)OC(=O)N(Cc1ccccc1)C1(CO)CCOC1. The summed E-state index contributed by atoms with van der Waals surface area (Å²) >= 11 is 0. The van der Waals surface area contributed by atoms with Gasteiger partial charge in [-0.2, -0.15) is 0 Å². The molecular weight excluding hydrogens is 282 g/mol. The summed E-state index contributed by atoms with van der Waals surface area (Å²) in [5, 5.41) is 9.88. The zero-order chi connectivity index (χ0) is 16.2. The molecular formula is C17H25NO4. The maximum atomic E-state index is 12.7. The van der Waals surface area contributed by atoms with Crippen LogP contribution in [-0.4, -0.2) is 47.1 Å². The lowest BCUT2D eigenvalue weighted by Gasteiger charge is -2.39. The highest BCUT2D eigenvalue weighted by molar-refractivity contribution is 5.69. The second-order valence-electron chi connectivity index (χ2n) is 6.74. The lowest BCUT2D eigenvalue weighted by Crippen LogP contribution is -2.55. The number of carbonyl (C=O) groups is 1. The van der Waals surface area contributed by atoms with E-state index >= 15 is 0 Å². The van der Waals surface area contributed by atoms with Gasteiger partial charge in [0.25, 0.3) is 0 Å². The van der Waals surface area contributed by atoms with E-state index in [9.17, 15) is 9.90 Å². The van der Waals surface area contributed by atoms with Crippen molar-refractivity contribution in [2.45, 2.75) is 44.9 Å². The smallest absolute Gasteiger partial charge is 0.411 e. The fourth-order valence-corrected chi connectivity index (χ4v) is 2.53. The van der Waals surface area contributed by atoms with Gasteiger partial charge in [-0.3, -0.25) is 4.90 Å². The van der Waals surface area contributed by atoms with E-state index in [4.69, 9.17) is 9.47 Å². The van der Waals surface area contributed by atoms with Crippen molar-refractivity contribution >= 4 is 6.09 Å². The number of ether oxygens (including phenoxy) is 2. The molecule has 1 amide bonds. The lowest BCUT2D eigenvalue weighted by molar-refractivity contribution is -0.0256. The Bertz CT molecular complexity index is 489. The molecule has 1 heterocycles. The minimum atomic E-state index is -0.710. The maximum absolute atomic E-state index is 12.7. The van der Waals surface area contributed by atoms with Gasteiger partial charge < -0.3 is 14.6 Å². The number of hydrogen-bond donors (Lipinski definition) is 1. The molecule has 0 radical (unpaired) electrons. The zero-order valence-electron chi connectivity index (χ0n) is 13.5. The number of rotatable bonds is 4. The Labute approximate surface area is 131 Å². The first-order valence-corrected chi connectivity index (χ1v) is 7.59. The Balaban J connectivity index is 2.25. The van der Waals surface area contributed by atoms with Crippen molar-refractivity contribution < 1.29 is 19.4 Å². The van der Waals surface area contributed by atoms with Crippen LogP contribution >= 0.6 is 0 Å². The van der Waals surface area contributed by atoms with Crippen molar-refractivity contribution in [1.82, 2.24) is 4.90 Å². The first-order chi connectivity index (χ1) is 10.4. The van der Waals surface area contributed by atoms with Crippen molar-refractivity contribution in [2.24, 2.45) is 0 Å². The van der Waals surface area contributed by atoms with Crippen LogP contribution in [0, 0.1) is 0 Å². The van der Waals surface area contributed by atoms with Gasteiger partial charge in [0.2, 0.25) is 0 Å². The standard InChI is InChI=1S/C17H25NO4/c1-16(2,3)22-15(20)18(11-14-7-5-4-6-8-14)17(12-19)9-10-21-13-17/h4-8,19H,9-13H2,1-3H3. The van der Waals surface area contributed by atoms with Crippen LogP contribution in [0.1, 0.15) is 32.8 Å². The number of aliphatic hydroxyl groups excluding tert-OH is 1. The van der Waals surface area contributed by atoms with Crippen molar-refractivity contribution in [3.05, 3.63) is 35.9 Å². The molecule has 1 aromatic carbocycles. The van der Waals surface area contributed by atoms with Gasteiger partial charge in [-0.15, -0.1) is 0 Å². The Hall–Kier alpha value is -1.59. The number of hydrogen-bond acceptors (Lipinski definition) is 4. The topological polar surface area (TPSA) is 59.0 Å². The van der Waals surface area contributed by atoms with E-state index in [1.54, 1.807) is 4.90 Å². The van der Waals surface area contributed by atoms with Gasteiger partial charge in [-0.25, -0.2) is 4.79 Å². The van der Waals surface area contributed by atoms with Crippen molar-refractivity contribution in [1.29, 1.82) is 0 Å². The van der Waals surface area contributed by atoms with Crippen LogP contribution < -0.4 is 0 Å². The molecule has 1 aromatic rings. The fourth-order valence-electron chi connectivity index (χ4n) is 2.53. The molecule has 2 rings (SSSR count). The first-order valence-electron chi connectivity index (χ1n) is 7.59. The summed E-state index contributed by atoms with van der Waals surface area (Å²) in [7, 11) is 0. The molecule has 1 N–H and O–H groups in total. The Morgan fingerprint density at radius 2 is 2.05 bits per heavy atom. The highest BCUT2D eigenvalue weighted by Gasteiger charge is 2.44. The molecule has 1 unspecified atom stereocenters. The van der Waals surface area contributed by atoms with Crippen LogP contribution in [0.3, 0.4) is 0 Å². The van der Waals surface area contributed by atoms with Crippen LogP contribution in [0.5, 0.6) is 0 Å². The highest BCUT2D eigenvalue weighted by atomic mass is 16.6. The molecule has 1 aliphatic rings. The molecule has 5 nitrogen and oxygen atoms in total. The minimum Gasteiger partial charge on any atom is -0.444 e. The third-order valence-corrected chi connectivity index (χ3v) is 3.75.